The number of aliphatic hydroxyl groups excluding tert-OH is 8. The molecule has 3 rings (SSSR count). The van der Waals surface area contributed by atoms with Crippen LogP contribution in [0.25, 0.3) is 6.08 Å². The normalized spacial score (nSPS) is 37.9. The molecule has 0 aliphatic carbocycles. The van der Waals surface area contributed by atoms with Gasteiger partial charge in [0.1, 0.15) is 54.6 Å². The largest absolute Gasteiger partial charge is 0.493 e. The molecule has 1 aromatic rings. The minimum Gasteiger partial charge on any atom is -0.493 e. The van der Waals surface area contributed by atoms with Crippen molar-refractivity contribution in [3.63, 3.8) is 0 Å². The first-order valence-corrected chi connectivity index (χ1v) is 11.0. The van der Waals surface area contributed by atoms with E-state index < -0.39 is 74.6 Å². The van der Waals surface area contributed by atoms with Crippen molar-refractivity contribution in [3.05, 3.63) is 23.8 Å². The lowest BCUT2D eigenvalue weighted by Crippen LogP contribution is -2.60. The van der Waals surface area contributed by atoms with E-state index in [1.54, 1.807) is 19.1 Å². The van der Waals surface area contributed by atoms with Crippen molar-refractivity contribution in [2.24, 2.45) is 0 Å². The molecule has 2 aliphatic rings. The number of hydrogen-bond donors (Lipinski definition) is 8. The molecule has 8 N–H and O–H groups in total. The van der Waals surface area contributed by atoms with Crippen molar-refractivity contribution in [1.82, 2.24) is 0 Å². The minimum absolute atomic E-state index is 0.0373. The zero-order chi connectivity index (χ0) is 25.9. The quantitative estimate of drug-likeness (QED) is 0.179. The van der Waals surface area contributed by atoms with Gasteiger partial charge in [-0.2, -0.15) is 0 Å². The summed E-state index contributed by atoms with van der Waals surface area (Å²) >= 11 is 0. The van der Waals surface area contributed by atoms with Crippen LogP contribution in [0.15, 0.2) is 18.2 Å². The monoisotopic (exact) mass is 504 g/mol. The Bertz CT molecular complexity index is 860. The molecule has 1 aromatic carbocycles. The third-order valence-corrected chi connectivity index (χ3v) is 5.83. The summed E-state index contributed by atoms with van der Waals surface area (Å²) in [6, 6.07) is 2.82. The summed E-state index contributed by atoms with van der Waals surface area (Å²) in [5, 5.41) is 79.5. The van der Waals surface area contributed by atoms with Gasteiger partial charge in [0, 0.05) is 11.6 Å². The van der Waals surface area contributed by atoms with E-state index in [9.17, 15) is 40.9 Å². The molecule has 13 heteroatoms. The maximum atomic E-state index is 10.3. The molecule has 0 saturated carbocycles. The van der Waals surface area contributed by atoms with Crippen LogP contribution in [0.4, 0.5) is 0 Å². The van der Waals surface area contributed by atoms with Crippen LogP contribution in [0.2, 0.25) is 0 Å². The lowest BCUT2D eigenvalue weighted by atomic mass is 9.99. The first-order chi connectivity index (χ1) is 16.7. The maximum Gasteiger partial charge on any atom is 0.229 e. The number of benzene rings is 1. The second-order valence-electron chi connectivity index (χ2n) is 8.17. The Morgan fingerprint density at radius 1 is 0.714 bits per heavy atom. The highest BCUT2D eigenvalue weighted by Gasteiger charge is 2.46. The SMILES string of the molecule is CC=Cc1cc(OC)c(O[C@@H]2O[C@H](CO)[C@@H](O)[C@H](O)[C@H]2O)cc1O[C@@H]1O[C@H](CO)[C@@H](O)[C@H](O)[C@H]1O. The second kappa shape index (κ2) is 11.8. The second-order valence-corrected chi connectivity index (χ2v) is 8.17. The van der Waals surface area contributed by atoms with Crippen molar-refractivity contribution in [3.8, 4) is 17.2 Å². The van der Waals surface area contributed by atoms with Crippen LogP contribution >= 0.6 is 0 Å². The van der Waals surface area contributed by atoms with Crippen LogP contribution in [0.5, 0.6) is 17.2 Å². The molecule has 35 heavy (non-hydrogen) atoms. The van der Waals surface area contributed by atoms with Gasteiger partial charge in [0.2, 0.25) is 12.6 Å². The van der Waals surface area contributed by atoms with Crippen molar-refractivity contribution >= 4 is 6.08 Å². The van der Waals surface area contributed by atoms with E-state index >= 15 is 0 Å². The number of hydrogen-bond acceptors (Lipinski definition) is 13. The van der Waals surface area contributed by atoms with E-state index in [4.69, 9.17) is 23.7 Å². The van der Waals surface area contributed by atoms with Crippen molar-refractivity contribution in [1.29, 1.82) is 0 Å². The summed E-state index contributed by atoms with van der Waals surface area (Å²) in [7, 11) is 1.35. The van der Waals surface area contributed by atoms with Crippen LogP contribution in [0.1, 0.15) is 12.5 Å². The fourth-order valence-electron chi connectivity index (χ4n) is 3.80. The third kappa shape index (κ3) is 5.70. The number of aliphatic hydroxyl groups is 8. The predicted octanol–water partition coefficient (Wildman–Crippen LogP) is -2.91. The van der Waals surface area contributed by atoms with Gasteiger partial charge in [-0.15, -0.1) is 0 Å². The molecular weight excluding hydrogens is 472 g/mol. The maximum absolute atomic E-state index is 10.3. The Balaban J connectivity index is 1.93. The Labute approximate surface area is 200 Å². The summed E-state index contributed by atoms with van der Waals surface area (Å²) in [6.45, 7) is 0.455. The van der Waals surface area contributed by atoms with Gasteiger partial charge in [0.25, 0.3) is 0 Å². The number of rotatable bonds is 8. The molecule has 0 spiro atoms. The van der Waals surface area contributed by atoms with Crippen LogP contribution in [0, 0.1) is 0 Å². The van der Waals surface area contributed by atoms with Gasteiger partial charge in [0.05, 0.1) is 20.3 Å². The molecule has 2 aliphatic heterocycles. The van der Waals surface area contributed by atoms with E-state index in [-0.39, 0.29) is 17.2 Å². The van der Waals surface area contributed by atoms with Gasteiger partial charge in [-0.25, -0.2) is 0 Å². The molecule has 0 aromatic heterocycles. The Morgan fingerprint density at radius 2 is 1.20 bits per heavy atom. The summed E-state index contributed by atoms with van der Waals surface area (Å²) < 4.78 is 27.6. The smallest absolute Gasteiger partial charge is 0.229 e. The average Bonchev–Trinajstić information content (AvgIpc) is 2.85. The summed E-state index contributed by atoms with van der Waals surface area (Å²) in [6.07, 6.45) is -11.8. The minimum atomic E-state index is -1.68. The molecule has 2 fully saturated rings. The van der Waals surface area contributed by atoms with Gasteiger partial charge >= 0.3 is 0 Å². The molecule has 2 saturated heterocycles. The lowest BCUT2D eigenvalue weighted by molar-refractivity contribution is -0.278. The highest BCUT2D eigenvalue weighted by molar-refractivity contribution is 5.63. The number of allylic oxidation sites excluding steroid dienone is 1. The van der Waals surface area contributed by atoms with E-state index in [1.807, 2.05) is 0 Å². The zero-order valence-electron chi connectivity index (χ0n) is 19.1. The summed E-state index contributed by atoms with van der Waals surface area (Å²) in [5.41, 5.74) is 0.433. The summed E-state index contributed by atoms with van der Waals surface area (Å²) in [5.74, 6) is 0.189. The predicted molar refractivity (Wildman–Crippen MR) is 116 cm³/mol. The highest BCUT2D eigenvalue weighted by atomic mass is 16.7. The molecule has 0 bridgehead atoms. The first-order valence-electron chi connectivity index (χ1n) is 11.0. The van der Waals surface area contributed by atoms with E-state index in [0.29, 0.717) is 5.56 Å². The fourth-order valence-corrected chi connectivity index (χ4v) is 3.80. The molecule has 13 nitrogen and oxygen atoms in total. The summed E-state index contributed by atoms with van der Waals surface area (Å²) in [4.78, 5) is 0. The fraction of sp³-hybridized carbons (Fsp3) is 0.636. The molecule has 2 heterocycles. The third-order valence-electron chi connectivity index (χ3n) is 5.83. The van der Waals surface area contributed by atoms with E-state index in [2.05, 4.69) is 0 Å². The zero-order valence-corrected chi connectivity index (χ0v) is 19.1. The molecule has 198 valence electrons. The van der Waals surface area contributed by atoms with Gasteiger partial charge in [-0.3, -0.25) is 0 Å². The molecule has 10 atom stereocenters. The highest BCUT2D eigenvalue weighted by Crippen LogP contribution is 2.39. The van der Waals surface area contributed by atoms with Crippen molar-refractivity contribution < 1.29 is 64.5 Å². The molecule has 0 radical (unpaired) electrons. The van der Waals surface area contributed by atoms with Crippen LogP contribution in [-0.2, 0) is 9.47 Å². The molecule has 0 amide bonds. The number of methoxy groups -OCH3 is 1. The standard InChI is InChI=1S/C22H32O13/c1-3-4-9-5-11(31-2)12(33-22-20(30)18(28)16(26)14(8-24)35-22)6-10(9)32-21-19(29)17(27)15(25)13(7-23)34-21/h3-6,13-30H,7-8H2,1-2H3/t13-,14-,15-,16-,17+,18+,19-,20-,21-,22-/m1/s1. The van der Waals surface area contributed by atoms with Crippen molar-refractivity contribution in [2.75, 3.05) is 20.3 Å². The van der Waals surface area contributed by atoms with Crippen LogP contribution in [-0.4, -0.2) is 123 Å². The van der Waals surface area contributed by atoms with Gasteiger partial charge in [-0.05, 0) is 13.0 Å². The van der Waals surface area contributed by atoms with Gasteiger partial charge < -0.3 is 64.5 Å². The average molecular weight is 504 g/mol. The van der Waals surface area contributed by atoms with E-state index in [1.165, 1.54) is 19.2 Å². The van der Waals surface area contributed by atoms with E-state index in [0.717, 1.165) is 0 Å². The Kier molecular flexibility index (Phi) is 9.28. The van der Waals surface area contributed by atoms with Crippen molar-refractivity contribution in [2.45, 2.75) is 68.3 Å². The van der Waals surface area contributed by atoms with Gasteiger partial charge in [-0.1, -0.05) is 12.2 Å². The Morgan fingerprint density at radius 3 is 1.63 bits per heavy atom. The topological polar surface area (TPSA) is 208 Å². The Hall–Kier alpha value is -2.04. The van der Waals surface area contributed by atoms with Gasteiger partial charge in [0.15, 0.2) is 11.5 Å². The first kappa shape index (κ1) is 27.5. The van der Waals surface area contributed by atoms with Crippen LogP contribution in [0.3, 0.4) is 0 Å². The lowest BCUT2D eigenvalue weighted by Gasteiger charge is -2.40. The molecular formula is C22H32O13. The molecule has 0 unspecified atom stereocenters. The van der Waals surface area contributed by atoms with Crippen LogP contribution < -0.4 is 14.2 Å². The number of ether oxygens (including phenoxy) is 5.